The lowest BCUT2D eigenvalue weighted by Gasteiger charge is -2.19. The first-order chi connectivity index (χ1) is 13.2. The number of aryl methyl sites for hydroxylation is 1. The molecule has 27 heavy (non-hydrogen) atoms. The van der Waals surface area contributed by atoms with Crippen molar-refractivity contribution in [1.29, 1.82) is 0 Å². The van der Waals surface area contributed by atoms with Crippen LogP contribution in [-0.4, -0.2) is 37.4 Å². The Balaban J connectivity index is 1.62. The number of methoxy groups -OCH3 is 1. The van der Waals surface area contributed by atoms with Gasteiger partial charge in [-0.25, -0.2) is 4.79 Å². The molecule has 2 aromatic carbocycles. The molecule has 3 aromatic rings. The van der Waals surface area contributed by atoms with Gasteiger partial charge in [-0.1, -0.05) is 24.3 Å². The number of carbonyl (C=O) groups excluding carboxylic acids is 1. The Morgan fingerprint density at radius 2 is 2.00 bits per heavy atom. The van der Waals surface area contributed by atoms with Crippen LogP contribution >= 0.6 is 0 Å². The summed E-state index contributed by atoms with van der Waals surface area (Å²) in [7, 11) is 1.59. The second kappa shape index (κ2) is 9.00. The number of rotatable bonds is 7. The van der Waals surface area contributed by atoms with Crippen molar-refractivity contribution in [3.63, 3.8) is 0 Å². The van der Waals surface area contributed by atoms with Crippen LogP contribution in [-0.2, 0) is 4.74 Å². The quantitative estimate of drug-likeness (QED) is 0.669. The minimum atomic E-state index is -0.311. The maximum Gasteiger partial charge on any atom is 0.319 e. The first-order valence-corrected chi connectivity index (χ1v) is 8.74. The lowest BCUT2D eigenvalue weighted by atomic mass is 10.1. The molecule has 0 radical (unpaired) electrons. The number of anilines is 1. The lowest BCUT2D eigenvalue weighted by molar-refractivity contribution is 0.139. The Bertz CT molecular complexity index is 909. The zero-order valence-electron chi connectivity index (χ0n) is 15.4. The number of carbonyl (C=O) groups is 1. The molecule has 2 amide bonds. The van der Waals surface area contributed by atoms with E-state index in [-0.39, 0.29) is 12.1 Å². The third-order valence-electron chi connectivity index (χ3n) is 4.07. The molecule has 1 aromatic heterocycles. The Morgan fingerprint density at radius 1 is 1.15 bits per heavy atom. The summed E-state index contributed by atoms with van der Waals surface area (Å²) in [5.41, 5.74) is 1.84. The van der Waals surface area contributed by atoms with E-state index in [1.807, 2.05) is 55.5 Å². The molecule has 6 heteroatoms. The zero-order chi connectivity index (χ0) is 19.1. The van der Waals surface area contributed by atoms with E-state index in [2.05, 4.69) is 15.6 Å². The Labute approximate surface area is 158 Å². The number of hydrogen-bond acceptors (Lipinski definition) is 4. The average Bonchev–Trinajstić information content (AvgIpc) is 2.67. The van der Waals surface area contributed by atoms with Crippen LogP contribution in [0.25, 0.3) is 10.8 Å². The van der Waals surface area contributed by atoms with Crippen molar-refractivity contribution >= 4 is 22.5 Å². The number of benzene rings is 2. The number of fused-ring (bicyclic) bond motifs is 1. The van der Waals surface area contributed by atoms with Gasteiger partial charge < -0.3 is 20.1 Å². The summed E-state index contributed by atoms with van der Waals surface area (Å²) in [6.07, 6.45) is 3.47. The number of nitrogens with zero attached hydrogens (tertiary/aromatic N) is 1. The summed E-state index contributed by atoms with van der Waals surface area (Å²) >= 11 is 0. The largest absolute Gasteiger partial charge is 0.491 e. The summed E-state index contributed by atoms with van der Waals surface area (Å²) in [5, 5.41) is 7.69. The van der Waals surface area contributed by atoms with Gasteiger partial charge in [0.05, 0.1) is 18.3 Å². The van der Waals surface area contributed by atoms with E-state index in [0.29, 0.717) is 13.2 Å². The fourth-order valence-corrected chi connectivity index (χ4v) is 2.81. The molecule has 2 N–H and O–H groups in total. The molecular formula is C21H23N3O3. The van der Waals surface area contributed by atoms with Crippen molar-refractivity contribution in [2.75, 3.05) is 25.6 Å². The van der Waals surface area contributed by atoms with Crippen LogP contribution < -0.4 is 15.4 Å². The summed E-state index contributed by atoms with van der Waals surface area (Å²) in [6.45, 7) is 2.66. The smallest absolute Gasteiger partial charge is 0.319 e. The van der Waals surface area contributed by atoms with Gasteiger partial charge in [0.15, 0.2) is 0 Å². The molecule has 0 aliphatic rings. The second-order valence-corrected chi connectivity index (χ2v) is 6.28. The fraction of sp³-hybridized carbons (Fsp3) is 0.238. The molecule has 6 nitrogen and oxygen atoms in total. The molecule has 0 aliphatic heterocycles. The van der Waals surface area contributed by atoms with E-state index in [9.17, 15) is 4.79 Å². The van der Waals surface area contributed by atoms with Crippen molar-refractivity contribution in [3.8, 4) is 5.75 Å². The van der Waals surface area contributed by atoms with Crippen LogP contribution in [0, 0.1) is 6.92 Å². The minimum Gasteiger partial charge on any atom is -0.491 e. The highest BCUT2D eigenvalue weighted by atomic mass is 16.5. The predicted octanol–water partition coefficient (Wildman–Crippen LogP) is 3.76. The molecule has 1 atom stereocenters. The zero-order valence-corrected chi connectivity index (χ0v) is 15.4. The number of amides is 2. The lowest BCUT2D eigenvalue weighted by Crippen LogP contribution is -2.44. The van der Waals surface area contributed by atoms with Gasteiger partial charge in [0.25, 0.3) is 0 Å². The van der Waals surface area contributed by atoms with Crippen molar-refractivity contribution < 1.29 is 14.3 Å². The van der Waals surface area contributed by atoms with Crippen LogP contribution in [0.2, 0.25) is 0 Å². The molecule has 140 valence electrons. The van der Waals surface area contributed by atoms with Crippen LogP contribution in [0.4, 0.5) is 10.5 Å². The number of aromatic nitrogens is 1. The minimum absolute atomic E-state index is 0.285. The second-order valence-electron chi connectivity index (χ2n) is 6.28. The number of urea groups is 1. The monoisotopic (exact) mass is 365 g/mol. The van der Waals surface area contributed by atoms with Crippen molar-refractivity contribution in [2.24, 2.45) is 0 Å². The van der Waals surface area contributed by atoms with E-state index in [1.54, 1.807) is 19.5 Å². The highest BCUT2D eigenvalue weighted by Crippen LogP contribution is 2.22. The first-order valence-electron chi connectivity index (χ1n) is 8.74. The molecule has 0 aliphatic carbocycles. The molecule has 0 bridgehead atoms. The molecule has 0 spiro atoms. The van der Waals surface area contributed by atoms with Crippen LogP contribution in [0.5, 0.6) is 5.75 Å². The maximum absolute atomic E-state index is 12.5. The van der Waals surface area contributed by atoms with Gasteiger partial charge in [-0.05, 0) is 36.8 Å². The Morgan fingerprint density at radius 3 is 2.81 bits per heavy atom. The van der Waals surface area contributed by atoms with E-state index >= 15 is 0 Å². The highest BCUT2D eigenvalue weighted by Gasteiger charge is 2.14. The third kappa shape index (κ3) is 5.18. The van der Waals surface area contributed by atoms with Gasteiger partial charge in [0, 0.05) is 30.3 Å². The maximum atomic E-state index is 12.5. The van der Waals surface area contributed by atoms with Crippen LogP contribution in [0.3, 0.4) is 0 Å². The number of ether oxygens (including phenoxy) is 2. The van der Waals surface area contributed by atoms with E-state index < -0.39 is 0 Å². The average molecular weight is 365 g/mol. The van der Waals surface area contributed by atoms with Crippen molar-refractivity contribution in [1.82, 2.24) is 10.3 Å². The molecule has 0 fully saturated rings. The van der Waals surface area contributed by atoms with Crippen LogP contribution in [0.15, 0.2) is 60.9 Å². The van der Waals surface area contributed by atoms with Gasteiger partial charge in [-0.15, -0.1) is 0 Å². The Hall–Kier alpha value is -3.12. The van der Waals surface area contributed by atoms with Crippen molar-refractivity contribution in [2.45, 2.75) is 13.0 Å². The topological polar surface area (TPSA) is 72.5 Å². The summed E-state index contributed by atoms with van der Waals surface area (Å²) in [4.78, 5) is 16.6. The van der Waals surface area contributed by atoms with E-state index in [0.717, 1.165) is 27.8 Å². The Kier molecular flexibility index (Phi) is 6.22. The molecule has 0 saturated carbocycles. The standard InChI is InChI=1S/C21H23N3O3/c1-15-5-3-7-18(11-15)27-14-17(13-26-2)23-21(25)24-20-8-4-6-16-12-22-10-9-19(16)20/h3-12,17H,13-14H2,1-2H3,(H2,23,24,25)/t17-/m0/s1. The van der Waals surface area contributed by atoms with Gasteiger partial charge >= 0.3 is 6.03 Å². The highest BCUT2D eigenvalue weighted by molar-refractivity contribution is 6.01. The molecule has 0 unspecified atom stereocenters. The van der Waals surface area contributed by atoms with Crippen molar-refractivity contribution in [3.05, 3.63) is 66.5 Å². The van der Waals surface area contributed by atoms with Gasteiger partial charge in [-0.2, -0.15) is 0 Å². The normalized spacial score (nSPS) is 11.8. The summed E-state index contributed by atoms with van der Waals surface area (Å²) in [6, 6.07) is 14.8. The predicted molar refractivity (Wildman–Crippen MR) is 106 cm³/mol. The number of nitrogens with one attached hydrogen (secondary N) is 2. The summed E-state index contributed by atoms with van der Waals surface area (Å²) in [5.74, 6) is 0.764. The first kappa shape index (κ1) is 18.7. The molecule has 1 heterocycles. The molecule has 0 saturated heterocycles. The van der Waals surface area contributed by atoms with Crippen LogP contribution in [0.1, 0.15) is 5.56 Å². The number of hydrogen-bond donors (Lipinski definition) is 2. The van der Waals surface area contributed by atoms with E-state index in [1.165, 1.54) is 0 Å². The van der Waals surface area contributed by atoms with Gasteiger partial charge in [0.1, 0.15) is 12.4 Å². The summed E-state index contributed by atoms with van der Waals surface area (Å²) < 4.78 is 11.0. The molecule has 3 rings (SSSR count). The fourth-order valence-electron chi connectivity index (χ4n) is 2.81. The van der Waals surface area contributed by atoms with E-state index in [4.69, 9.17) is 9.47 Å². The van der Waals surface area contributed by atoms with Gasteiger partial charge in [-0.3, -0.25) is 4.98 Å². The van der Waals surface area contributed by atoms with Gasteiger partial charge in [0.2, 0.25) is 0 Å². The third-order valence-corrected chi connectivity index (χ3v) is 4.07. The number of pyridine rings is 1. The molecular weight excluding hydrogens is 342 g/mol. The SMILES string of the molecule is COC[C@@H](COc1cccc(C)c1)NC(=O)Nc1cccc2cnccc12.